The second kappa shape index (κ2) is 9.43. The number of amides is 2. The first-order valence-corrected chi connectivity index (χ1v) is 11.0. The Morgan fingerprint density at radius 3 is 2.06 bits per heavy atom. The Morgan fingerprint density at radius 1 is 0.824 bits per heavy atom. The molecule has 1 heterocycles. The van der Waals surface area contributed by atoms with Crippen LogP contribution in [0.15, 0.2) is 72.4 Å². The molecule has 3 aromatic rings. The summed E-state index contributed by atoms with van der Waals surface area (Å²) in [6.07, 6.45) is 0. The van der Waals surface area contributed by atoms with Gasteiger partial charge in [-0.1, -0.05) is 54.1 Å². The highest BCUT2D eigenvalue weighted by Gasteiger charge is 2.42. The topological polar surface area (TPSA) is 59.1 Å². The Balaban J connectivity index is 1.85. The fourth-order valence-electron chi connectivity index (χ4n) is 4.30. The van der Waals surface area contributed by atoms with Crippen molar-refractivity contribution in [3.8, 4) is 11.5 Å². The number of imide groups is 1. The largest absolute Gasteiger partial charge is 0.497 e. The van der Waals surface area contributed by atoms with Crippen LogP contribution in [0.2, 0.25) is 0 Å². The van der Waals surface area contributed by atoms with E-state index in [9.17, 15) is 9.59 Å². The van der Waals surface area contributed by atoms with Crippen LogP contribution in [0.4, 0.5) is 5.69 Å². The van der Waals surface area contributed by atoms with Gasteiger partial charge in [0.15, 0.2) is 0 Å². The van der Waals surface area contributed by atoms with E-state index in [4.69, 9.17) is 9.47 Å². The van der Waals surface area contributed by atoms with Crippen molar-refractivity contribution in [1.82, 2.24) is 4.90 Å². The molecule has 1 aliphatic heterocycles. The standard InChI is InChI=1S/C28H28N2O4/c1-18-11-12-24(19(2)13-18)25-26(29(3)17-20-9-7-6-8-10-20)28(32)30(27(25)31)21-14-22(33-4)16-23(15-21)34-5/h6-16H,17H2,1-5H3. The van der Waals surface area contributed by atoms with Crippen LogP contribution in [0, 0.1) is 13.8 Å². The molecule has 0 saturated heterocycles. The lowest BCUT2D eigenvalue weighted by Gasteiger charge is -2.22. The van der Waals surface area contributed by atoms with Crippen LogP contribution in [0.5, 0.6) is 11.5 Å². The third-order valence-electron chi connectivity index (χ3n) is 5.95. The summed E-state index contributed by atoms with van der Waals surface area (Å²) in [6, 6.07) is 20.8. The molecule has 6 nitrogen and oxygen atoms in total. The van der Waals surface area contributed by atoms with Gasteiger partial charge in [0.25, 0.3) is 11.8 Å². The van der Waals surface area contributed by atoms with Crippen molar-refractivity contribution < 1.29 is 19.1 Å². The smallest absolute Gasteiger partial charge is 0.282 e. The van der Waals surface area contributed by atoms with E-state index in [0.717, 1.165) is 22.3 Å². The van der Waals surface area contributed by atoms with Crippen molar-refractivity contribution in [1.29, 1.82) is 0 Å². The molecule has 0 aromatic heterocycles. The average Bonchev–Trinajstić information content (AvgIpc) is 3.09. The maximum Gasteiger partial charge on any atom is 0.282 e. The van der Waals surface area contributed by atoms with E-state index in [0.29, 0.717) is 35.0 Å². The number of aryl methyl sites for hydroxylation is 2. The van der Waals surface area contributed by atoms with Gasteiger partial charge in [0.1, 0.15) is 17.2 Å². The Kier molecular flexibility index (Phi) is 6.41. The lowest BCUT2D eigenvalue weighted by atomic mass is 9.97. The zero-order valence-corrected chi connectivity index (χ0v) is 20.1. The van der Waals surface area contributed by atoms with Gasteiger partial charge >= 0.3 is 0 Å². The molecule has 0 unspecified atom stereocenters. The van der Waals surface area contributed by atoms with Crippen molar-refractivity contribution in [3.63, 3.8) is 0 Å². The van der Waals surface area contributed by atoms with Gasteiger partial charge in [0, 0.05) is 31.8 Å². The lowest BCUT2D eigenvalue weighted by Crippen LogP contribution is -2.34. The van der Waals surface area contributed by atoms with Crippen LogP contribution in [0.1, 0.15) is 22.3 Å². The first-order valence-electron chi connectivity index (χ1n) is 11.0. The molecule has 1 aliphatic rings. The molecule has 0 radical (unpaired) electrons. The quantitative estimate of drug-likeness (QED) is 0.481. The van der Waals surface area contributed by atoms with Gasteiger partial charge in [-0.2, -0.15) is 0 Å². The Labute approximate surface area is 200 Å². The highest BCUT2D eigenvalue weighted by Crippen LogP contribution is 2.38. The molecular weight excluding hydrogens is 428 g/mol. The van der Waals surface area contributed by atoms with Crippen LogP contribution < -0.4 is 14.4 Å². The third-order valence-corrected chi connectivity index (χ3v) is 5.95. The first kappa shape index (κ1) is 23.1. The van der Waals surface area contributed by atoms with E-state index in [1.165, 1.54) is 19.1 Å². The second-order valence-electron chi connectivity index (χ2n) is 8.40. The number of carbonyl (C=O) groups excluding carboxylic acids is 2. The number of benzene rings is 3. The van der Waals surface area contributed by atoms with Crippen molar-refractivity contribution in [3.05, 3.63) is 94.7 Å². The number of hydrogen-bond donors (Lipinski definition) is 0. The van der Waals surface area contributed by atoms with Crippen LogP contribution >= 0.6 is 0 Å². The van der Waals surface area contributed by atoms with Gasteiger partial charge in [-0.05, 0) is 30.5 Å². The Morgan fingerprint density at radius 2 is 1.47 bits per heavy atom. The number of anilines is 1. The molecule has 0 fully saturated rings. The molecule has 174 valence electrons. The minimum absolute atomic E-state index is 0.364. The number of ether oxygens (including phenoxy) is 2. The molecule has 0 N–H and O–H groups in total. The second-order valence-corrected chi connectivity index (χ2v) is 8.40. The predicted octanol–water partition coefficient (Wildman–Crippen LogP) is 4.74. The molecule has 0 aliphatic carbocycles. The minimum Gasteiger partial charge on any atom is -0.497 e. The van der Waals surface area contributed by atoms with Crippen molar-refractivity contribution in [2.75, 3.05) is 26.2 Å². The summed E-state index contributed by atoms with van der Waals surface area (Å²) < 4.78 is 10.7. The molecule has 6 heteroatoms. The Bertz CT molecular complexity index is 1260. The van der Waals surface area contributed by atoms with Gasteiger partial charge in [0.2, 0.25) is 0 Å². The maximum absolute atomic E-state index is 13.9. The zero-order chi connectivity index (χ0) is 24.4. The van der Waals surface area contributed by atoms with Gasteiger partial charge in [-0.15, -0.1) is 0 Å². The van der Waals surface area contributed by atoms with Crippen LogP contribution in [0.3, 0.4) is 0 Å². The highest BCUT2D eigenvalue weighted by atomic mass is 16.5. The number of hydrogen-bond acceptors (Lipinski definition) is 5. The summed E-state index contributed by atoms with van der Waals surface area (Å²) in [5.41, 5.74) is 4.97. The SMILES string of the molecule is COc1cc(OC)cc(N2C(=O)C(c3ccc(C)cc3C)=C(N(C)Cc3ccccc3)C2=O)c1. The van der Waals surface area contributed by atoms with E-state index in [1.54, 1.807) is 18.2 Å². The monoisotopic (exact) mass is 456 g/mol. The molecule has 0 bridgehead atoms. The number of methoxy groups -OCH3 is 2. The molecule has 0 saturated carbocycles. The summed E-state index contributed by atoms with van der Waals surface area (Å²) >= 11 is 0. The van der Waals surface area contributed by atoms with Crippen molar-refractivity contribution in [2.24, 2.45) is 0 Å². The molecule has 2 amide bonds. The summed E-state index contributed by atoms with van der Waals surface area (Å²) in [7, 11) is 4.90. The zero-order valence-electron chi connectivity index (χ0n) is 20.1. The maximum atomic E-state index is 13.9. The molecule has 4 rings (SSSR count). The molecule has 0 spiro atoms. The van der Waals surface area contributed by atoms with E-state index in [2.05, 4.69) is 0 Å². The lowest BCUT2D eigenvalue weighted by molar-refractivity contribution is -0.120. The number of nitrogens with zero attached hydrogens (tertiary/aromatic N) is 2. The van der Waals surface area contributed by atoms with E-state index in [-0.39, 0.29) is 11.8 Å². The van der Waals surface area contributed by atoms with Gasteiger partial charge < -0.3 is 14.4 Å². The number of carbonyl (C=O) groups is 2. The van der Waals surface area contributed by atoms with E-state index < -0.39 is 0 Å². The van der Waals surface area contributed by atoms with E-state index in [1.807, 2.05) is 74.3 Å². The van der Waals surface area contributed by atoms with Crippen LogP contribution in [0.25, 0.3) is 5.57 Å². The van der Waals surface area contributed by atoms with Gasteiger partial charge in [0.05, 0.1) is 25.5 Å². The normalized spacial score (nSPS) is 13.5. The third kappa shape index (κ3) is 4.27. The van der Waals surface area contributed by atoms with Crippen LogP contribution in [-0.4, -0.2) is 38.0 Å². The Hall–Kier alpha value is -4.06. The number of likely N-dealkylation sites (N-methyl/N-ethyl adjacent to an activating group) is 1. The molecule has 3 aromatic carbocycles. The molecule has 34 heavy (non-hydrogen) atoms. The summed E-state index contributed by atoms with van der Waals surface area (Å²) in [6.45, 7) is 4.45. The van der Waals surface area contributed by atoms with Gasteiger partial charge in [-0.3, -0.25) is 9.59 Å². The minimum atomic E-state index is -0.381. The average molecular weight is 457 g/mol. The fourth-order valence-corrected chi connectivity index (χ4v) is 4.30. The number of rotatable bonds is 7. The van der Waals surface area contributed by atoms with Crippen molar-refractivity contribution in [2.45, 2.75) is 20.4 Å². The highest BCUT2D eigenvalue weighted by molar-refractivity contribution is 6.45. The molecule has 0 atom stereocenters. The van der Waals surface area contributed by atoms with Gasteiger partial charge in [-0.25, -0.2) is 4.90 Å². The fraction of sp³-hybridized carbons (Fsp3) is 0.214. The van der Waals surface area contributed by atoms with Crippen molar-refractivity contribution >= 4 is 23.1 Å². The van der Waals surface area contributed by atoms with E-state index >= 15 is 0 Å². The van der Waals surface area contributed by atoms with Crippen LogP contribution in [-0.2, 0) is 16.1 Å². The summed E-state index contributed by atoms with van der Waals surface area (Å²) in [5, 5.41) is 0. The first-order chi connectivity index (χ1) is 16.3. The predicted molar refractivity (Wildman–Crippen MR) is 133 cm³/mol. The summed E-state index contributed by atoms with van der Waals surface area (Å²) in [5.74, 6) is 0.235. The molecular formula is C28H28N2O4. The summed E-state index contributed by atoms with van der Waals surface area (Å²) in [4.78, 5) is 30.7.